The molecule has 0 fully saturated rings. The summed E-state index contributed by atoms with van der Waals surface area (Å²) in [6, 6.07) is 10.1. The normalized spacial score (nSPS) is 12.5. The number of benzene rings is 1. The summed E-state index contributed by atoms with van der Waals surface area (Å²) in [5.74, 6) is 0.0992. The van der Waals surface area contributed by atoms with E-state index in [1.807, 2.05) is 42.2 Å². The molecule has 2 rings (SSSR count). The number of amides is 1. The van der Waals surface area contributed by atoms with Gasteiger partial charge in [-0.25, -0.2) is 0 Å². The first-order valence-corrected chi connectivity index (χ1v) is 10.2. The Hall–Kier alpha value is -1.86. The highest BCUT2D eigenvalue weighted by Crippen LogP contribution is 2.31. The minimum absolute atomic E-state index is 0.0992. The van der Waals surface area contributed by atoms with E-state index in [4.69, 9.17) is 0 Å². The largest absolute Gasteiger partial charge is 0.357 e. The molecular formula is C19H26N4OS2. The van der Waals surface area contributed by atoms with Gasteiger partial charge in [-0.1, -0.05) is 59.5 Å². The van der Waals surface area contributed by atoms with Crippen LogP contribution in [0.3, 0.4) is 0 Å². The lowest BCUT2D eigenvalue weighted by Crippen LogP contribution is -2.48. The van der Waals surface area contributed by atoms with E-state index >= 15 is 0 Å². The van der Waals surface area contributed by atoms with Crippen molar-refractivity contribution in [3.05, 3.63) is 48.6 Å². The van der Waals surface area contributed by atoms with Crippen molar-refractivity contribution in [2.75, 3.05) is 11.9 Å². The Morgan fingerprint density at radius 2 is 2.04 bits per heavy atom. The highest BCUT2D eigenvalue weighted by Gasteiger charge is 2.30. The Morgan fingerprint density at radius 1 is 1.35 bits per heavy atom. The average molecular weight is 391 g/mol. The quantitative estimate of drug-likeness (QED) is 0.533. The molecule has 1 amide bonds. The van der Waals surface area contributed by atoms with Gasteiger partial charge in [-0.15, -0.1) is 16.8 Å². The van der Waals surface area contributed by atoms with Crippen molar-refractivity contribution in [3.8, 4) is 0 Å². The second-order valence-corrected chi connectivity index (χ2v) is 9.45. The van der Waals surface area contributed by atoms with Crippen LogP contribution in [0.5, 0.6) is 0 Å². The average Bonchev–Trinajstić information content (AvgIpc) is 3.04. The van der Waals surface area contributed by atoms with Crippen molar-refractivity contribution in [2.45, 2.75) is 49.4 Å². The molecule has 0 spiro atoms. The van der Waals surface area contributed by atoms with Crippen molar-refractivity contribution in [1.82, 2.24) is 15.1 Å². The van der Waals surface area contributed by atoms with Crippen LogP contribution < -0.4 is 5.32 Å². The van der Waals surface area contributed by atoms with Crippen LogP contribution in [0, 0.1) is 0 Å². The number of anilines is 1. The van der Waals surface area contributed by atoms with Gasteiger partial charge in [-0.05, 0) is 33.3 Å². The molecule has 1 N–H and O–H groups in total. The first kappa shape index (κ1) is 20.5. The molecule has 1 heterocycles. The SMILES string of the molecule is C=CCNc1nnc(S[C@H](C)C(=O)N(Cc2ccccc2)C(C)(C)C)s1. The molecule has 1 aromatic carbocycles. The summed E-state index contributed by atoms with van der Waals surface area (Å²) in [6.45, 7) is 13.0. The van der Waals surface area contributed by atoms with Crippen LogP contribution in [0.4, 0.5) is 5.13 Å². The molecule has 0 bridgehead atoms. The number of carbonyl (C=O) groups excluding carboxylic acids is 1. The fraction of sp³-hybridized carbons (Fsp3) is 0.421. The molecule has 5 nitrogen and oxygen atoms in total. The van der Waals surface area contributed by atoms with Crippen LogP contribution in [0.15, 0.2) is 47.3 Å². The van der Waals surface area contributed by atoms with Gasteiger partial charge in [-0.3, -0.25) is 4.79 Å². The highest BCUT2D eigenvalue weighted by atomic mass is 32.2. The van der Waals surface area contributed by atoms with E-state index < -0.39 is 0 Å². The smallest absolute Gasteiger partial charge is 0.236 e. The number of aromatic nitrogens is 2. The summed E-state index contributed by atoms with van der Waals surface area (Å²) in [5.41, 5.74) is 0.860. The van der Waals surface area contributed by atoms with Gasteiger partial charge in [0.05, 0.1) is 5.25 Å². The molecule has 0 saturated heterocycles. The summed E-state index contributed by atoms with van der Waals surface area (Å²) >= 11 is 2.90. The van der Waals surface area contributed by atoms with Crippen LogP contribution in [0.1, 0.15) is 33.3 Å². The molecule has 26 heavy (non-hydrogen) atoms. The number of thioether (sulfide) groups is 1. The van der Waals surface area contributed by atoms with Gasteiger partial charge in [0.2, 0.25) is 11.0 Å². The molecule has 0 saturated carbocycles. The number of nitrogens with zero attached hydrogens (tertiary/aromatic N) is 3. The van der Waals surface area contributed by atoms with E-state index in [-0.39, 0.29) is 16.7 Å². The molecule has 0 aliphatic rings. The van der Waals surface area contributed by atoms with Crippen LogP contribution in [0.25, 0.3) is 0 Å². The van der Waals surface area contributed by atoms with E-state index in [1.165, 1.54) is 23.1 Å². The summed E-state index contributed by atoms with van der Waals surface area (Å²) in [6.07, 6.45) is 1.77. The van der Waals surface area contributed by atoms with E-state index in [1.54, 1.807) is 6.08 Å². The van der Waals surface area contributed by atoms with E-state index in [0.717, 1.165) is 15.0 Å². The Bertz CT molecular complexity index is 725. The van der Waals surface area contributed by atoms with Crippen molar-refractivity contribution in [2.24, 2.45) is 0 Å². The van der Waals surface area contributed by atoms with Crippen molar-refractivity contribution in [3.63, 3.8) is 0 Å². The third-order valence-corrected chi connectivity index (χ3v) is 5.74. The Labute approximate surface area is 163 Å². The van der Waals surface area contributed by atoms with Crippen molar-refractivity contribution >= 4 is 34.1 Å². The third kappa shape index (κ3) is 5.85. The van der Waals surface area contributed by atoms with Gasteiger partial charge in [0.25, 0.3) is 0 Å². The van der Waals surface area contributed by atoms with Crippen molar-refractivity contribution in [1.29, 1.82) is 0 Å². The Kier molecular flexibility index (Phi) is 7.23. The second kappa shape index (κ2) is 9.19. The lowest BCUT2D eigenvalue weighted by atomic mass is 10.0. The zero-order valence-corrected chi connectivity index (χ0v) is 17.4. The van der Waals surface area contributed by atoms with E-state index in [0.29, 0.717) is 13.1 Å². The monoisotopic (exact) mass is 390 g/mol. The molecule has 0 aliphatic heterocycles. The minimum Gasteiger partial charge on any atom is -0.357 e. The molecular weight excluding hydrogens is 364 g/mol. The highest BCUT2D eigenvalue weighted by molar-refractivity contribution is 8.02. The summed E-state index contributed by atoms with van der Waals surface area (Å²) in [7, 11) is 0. The van der Waals surface area contributed by atoms with Crippen LogP contribution in [0.2, 0.25) is 0 Å². The fourth-order valence-electron chi connectivity index (χ4n) is 2.32. The summed E-state index contributed by atoms with van der Waals surface area (Å²) in [5, 5.41) is 11.9. The van der Waals surface area contributed by atoms with Gasteiger partial charge in [0, 0.05) is 18.6 Å². The minimum atomic E-state index is -0.264. The zero-order valence-electron chi connectivity index (χ0n) is 15.7. The first-order valence-electron chi connectivity index (χ1n) is 8.51. The number of rotatable bonds is 8. The van der Waals surface area contributed by atoms with Gasteiger partial charge in [-0.2, -0.15) is 0 Å². The number of carbonyl (C=O) groups is 1. The predicted molar refractivity (Wildman–Crippen MR) is 111 cm³/mol. The van der Waals surface area contributed by atoms with Crippen LogP contribution in [-0.4, -0.2) is 38.3 Å². The molecule has 0 unspecified atom stereocenters. The number of hydrogen-bond donors (Lipinski definition) is 1. The molecule has 0 radical (unpaired) electrons. The van der Waals surface area contributed by atoms with Crippen LogP contribution in [-0.2, 0) is 11.3 Å². The maximum absolute atomic E-state index is 13.1. The molecule has 1 aromatic heterocycles. The maximum Gasteiger partial charge on any atom is 0.236 e. The lowest BCUT2D eigenvalue weighted by molar-refractivity contribution is -0.135. The van der Waals surface area contributed by atoms with Gasteiger partial charge < -0.3 is 10.2 Å². The standard InChI is InChI=1S/C19H26N4OS2/c1-6-12-20-17-21-22-18(26-17)25-14(2)16(24)23(19(3,4)5)13-15-10-8-7-9-11-15/h6-11,14H,1,12-13H2,2-5H3,(H,20,21)/t14-/m1/s1. The first-order chi connectivity index (χ1) is 12.3. The molecule has 1 atom stereocenters. The molecule has 140 valence electrons. The van der Waals surface area contributed by atoms with E-state index in [2.05, 4.69) is 42.9 Å². The maximum atomic E-state index is 13.1. The zero-order chi connectivity index (χ0) is 19.2. The summed E-state index contributed by atoms with van der Waals surface area (Å²) < 4.78 is 0.783. The predicted octanol–water partition coefficient (Wildman–Crippen LogP) is 4.44. The molecule has 2 aromatic rings. The third-order valence-electron chi connectivity index (χ3n) is 3.69. The van der Waals surface area contributed by atoms with Gasteiger partial charge in [0.15, 0.2) is 4.34 Å². The molecule has 7 heteroatoms. The second-order valence-electron chi connectivity index (χ2n) is 6.88. The summed E-state index contributed by atoms with van der Waals surface area (Å²) in [4.78, 5) is 15.0. The Balaban J connectivity index is 2.07. The topological polar surface area (TPSA) is 58.1 Å². The lowest BCUT2D eigenvalue weighted by Gasteiger charge is -2.37. The van der Waals surface area contributed by atoms with E-state index in [9.17, 15) is 4.79 Å². The molecule has 0 aliphatic carbocycles. The fourth-order valence-corrected chi connectivity index (χ4v) is 4.29. The van der Waals surface area contributed by atoms with Crippen molar-refractivity contribution < 1.29 is 4.79 Å². The number of nitrogens with one attached hydrogen (secondary N) is 1. The number of hydrogen-bond acceptors (Lipinski definition) is 6. The van der Waals surface area contributed by atoms with Gasteiger partial charge in [0.1, 0.15) is 0 Å². The van der Waals surface area contributed by atoms with Crippen LogP contribution >= 0.6 is 23.1 Å². The Morgan fingerprint density at radius 3 is 2.65 bits per heavy atom. The van der Waals surface area contributed by atoms with Gasteiger partial charge >= 0.3 is 0 Å².